The molecular formula is C21H24N4O. The van der Waals surface area contributed by atoms with Gasteiger partial charge in [0.1, 0.15) is 0 Å². The normalized spacial score (nSPS) is 19.8. The van der Waals surface area contributed by atoms with Crippen LogP contribution in [-0.4, -0.2) is 16.6 Å². The van der Waals surface area contributed by atoms with E-state index in [0.29, 0.717) is 5.56 Å². The van der Waals surface area contributed by atoms with Crippen molar-refractivity contribution in [2.45, 2.75) is 39.0 Å². The molecule has 5 heteroatoms. The van der Waals surface area contributed by atoms with E-state index in [2.05, 4.69) is 58.0 Å². The van der Waals surface area contributed by atoms with Crippen LogP contribution in [0.15, 0.2) is 54.6 Å². The number of para-hydroxylation sites is 1. The van der Waals surface area contributed by atoms with Gasteiger partial charge in [-0.15, -0.1) is 0 Å². The quantitative estimate of drug-likeness (QED) is 0.678. The van der Waals surface area contributed by atoms with Gasteiger partial charge in [-0.3, -0.25) is 4.79 Å². The predicted octanol–water partition coefficient (Wildman–Crippen LogP) is 3.26. The van der Waals surface area contributed by atoms with Crippen LogP contribution in [0.5, 0.6) is 0 Å². The lowest BCUT2D eigenvalue weighted by atomic mass is 10.1. The van der Waals surface area contributed by atoms with Gasteiger partial charge in [0.2, 0.25) is 0 Å². The van der Waals surface area contributed by atoms with Crippen molar-refractivity contribution >= 4 is 16.8 Å². The zero-order valence-corrected chi connectivity index (χ0v) is 15.1. The molecular weight excluding hydrogens is 324 g/mol. The van der Waals surface area contributed by atoms with Gasteiger partial charge in [0.05, 0.1) is 12.2 Å². The standard InChI is InChI=1S/C21H24N4O/c1-3-25-18-7-5-4-6-16(18)12-19(25)17-13-20(24-23-17)22-21(26)15-10-8-14(2)9-11-15/h4-12,17,20,23-24H,3,13H2,1-2H3,(H,22,26). The zero-order chi connectivity index (χ0) is 18.1. The number of hydrogen-bond donors (Lipinski definition) is 3. The number of aromatic nitrogens is 1. The molecule has 0 spiro atoms. The Morgan fingerprint density at radius 1 is 1.15 bits per heavy atom. The molecule has 1 aromatic heterocycles. The first kappa shape index (κ1) is 16.8. The average Bonchev–Trinajstić information content (AvgIpc) is 3.26. The molecule has 0 bridgehead atoms. The molecule has 2 heterocycles. The van der Waals surface area contributed by atoms with Crippen molar-refractivity contribution in [2.75, 3.05) is 0 Å². The Bertz CT molecular complexity index is 929. The minimum atomic E-state index is -0.0999. The molecule has 1 fully saturated rings. The number of aryl methyl sites for hydroxylation is 2. The maximum atomic E-state index is 12.4. The Hall–Kier alpha value is -2.63. The number of amides is 1. The van der Waals surface area contributed by atoms with Crippen LogP contribution in [0.2, 0.25) is 0 Å². The van der Waals surface area contributed by atoms with Crippen molar-refractivity contribution in [1.82, 2.24) is 20.7 Å². The summed E-state index contributed by atoms with van der Waals surface area (Å²) >= 11 is 0. The van der Waals surface area contributed by atoms with Crippen molar-refractivity contribution in [3.8, 4) is 0 Å². The number of hydrazine groups is 1. The van der Waals surface area contributed by atoms with Crippen molar-refractivity contribution in [3.05, 3.63) is 71.4 Å². The SMILES string of the molecule is CCn1c(C2CC(NC(=O)c3ccc(C)cc3)NN2)cc2ccccc21. The van der Waals surface area contributed by atoms with Crippen LogP contribution in [0.3, 0.4) is 0 Å². The van der Waals surface area contributed by atoms with Gasteiger partial charge in [-0.2, -0.15) is 0 Å². The van der Waals surface area contributed by atoms with Crippen molar-refractivity contribution in [1.29, 1.82) is 0 Å². The van der Waals surface area contributed by atoms with E-state index in [9.17, 15) is 4.79 Å². The first-order valence-corrected chi connectivity index (χ1v) is 9.12. The van der Waals surface area contributed by atoms with E-state index < -0.39 is 0 Å². The molecule has 0 saturated carbocycles. The van der Waals surface area contributed by atoms with Crippen molar-refractivity contribution in [2.24, 2.45) is 0 Å². The molecule has 2 aromatic carbocycles. The largest absolute Gasteiger partial charge is 0.343 e. The van der Waals surface area contributed by atoms with Crippen LogP contribution in [-0.2, 0) is 6.54 Å². The van der Waals surface area contributed by atoms with E-state index in [1.807, 2.05) is 31.2 Å². The van der Waals surface area contributed by atoms with Crippen LogP contribution in [0.25, 0.3) is 10.9 Å². The highest BCUT2D eigenvalue weighted by atomic mass is 16.1. The molecule has 0 radical (unpaired) electrons. The predicted molar refractivity (Wildman–Crippen MR) is 104 cm³/mol. The first-order valence-electron chi connectivity index (χ1n) is 9.12. The number of hydrogen-bond acceptors (Lipinski definition) is 3. The van der Waals surface area contributed by atoms with Gasteiger partial charge in [0, 0.05) is 29.7 Å². The Kier molecular flexibility index (Phi) is 4.49. The fourth-order valence-corrected chi connectivity index (χ4v) is 3.66. The smallest absolute Gasteiger partial charge is 0.252 e. The fraction of sp³-hybridized carbons (Fsp3) is 0.286. The maximum absolute atomic E-state index is 12.4. The van der Waals surface area contributed by atoms with E-state index in [-0.39, 0.29) is 18.1 Å². The molecule has 3 aromatic rings. The number of benzene rings is 2. The van der Waals surface area contributed by atoms with Crippen LogP contribution in [0, 0.1) is 6.92 Å². The van der Waals surface area contributed by atoms with Gasteiger partial charge >= 0.3 is 0 Å². The second-order valence-electron chi connectivity index (χ2n) is 6.84. The topological polar surface area (TPSA) is 58.1 Å². The lowest BCUT2D eigenvalue weighted by molar-refractivity contribution is 0.0932. The number of carbonyl (C=O) groups is 1. The molecule has 4 rings (SSSR count). The second kappa shape index (κ2) is 6.94. The summed E-state index contributed by atoms with van der Waals surface area (Å²) < 4.78 is 2.33. The van der Waals surface area contributed by atoms with Gasteiger partial charge in [-0.1, -0.05) is 35.9 Å². The van der Waals surface area contributed by atoms with Gasteiger partial charge in [0.15, 0.2) is 0 Å². The van der Waals surface area contributed by atoms with Gasteiger partial charge in [-0.25, -0.2) is 10.9 Å². The summed E-state index contributed by atoms with van der Waals surface area (Å²) in [6.07, 6.45) is 0.700. The van der Waals surface area contributed by atoms with Crippen LogP contribution in [0.4, 0.5) is 0 Å². The minimum absolute atomic E-state index is 0.0546. The highest BCUT2D eigenvalue weighted by Crippen LogP contribution is 2.28. The third-order valence-corrected chi connectivity index (χ3v) is 5.04. The molecule has 1 amide bonds. The third-order valence-electron chi connectivity index (χ3n) is 5.04. The number of nitrogens with one attached hydrogen (secondary N) is 3. The summed E-state index contributed by atoms with van der Waals surface area (Å²) in [4.78, 5) is 12.4. The summed E-state index contributed by atoms with van der Waals surface area (Å²) in [7, 11) is 0. The van der Waals surface area contributed by atoms with Crippen molar-refractivity contribution < 1.29 is 4.79 Å². The first-order chi connectivity index (χ1) is 12.7. The molecule has 0 aliphatic carbocycles. The zero-order valence-electron chi connectivity index (χ0n) is 15.1. The highest BCUT2D eigenvalue weighted by Gasteiger charge is 2.28. The van der Waals surface area contributed by atoms with Crippen LogP contribution in [0.1, 0.15) is 41.0 Å². The Labute approximate surface area is 153 Å². The van der Waals surface area contributed by atoms with Crippen LogP contribution >= 0.6 is 0 Å². The minimum Gasteiger partial charge on any atom is -0.343 e. The molecule has 134 valence electrons. The summed E-state index contributed by atoms with van der Waals surface area (Å²) in [6.45, 7) is 5.10. The Morgan fingerprint density at radius 2 is 1.92 bits per heavy atom. The van der Waals surface area contributed by atoms with Gasteiger partial charge < -0.3 is 9.88 Å². The van der Waals surface area contributed by atoms with Crippen molar-refractivity contribution in [3.63, 3.8) is 0 Å². The third kappa shape index (κ3) is 3.11. The maximum Gasteiger partial charge on any atom is 0.252 e. The van der Waals surface area contributed by atoms with Gasteiger partial charge in [-0.05, 0) is 43.5 Å². The van der Waals surface area contributed by atoms with E-state index in [0.717, 1.165) is 18.5 Å². The molecule has 1 aliphatic rings. The lowest BCUT2D eigenvalue weighted by Crippen LogP contribution is -2.44. The molecule has 5 nitrogen and oxygen atoms in total. The van der Waals surface area contributed by atoms with Gasteiger partial charge in [0.25, 0.3) is 5.91 Å². The van der Waals surface area contributed by atoms with E-state index in [1.54, 1.807) is 0 Å². The second-order valence-corrected chi connectivity index (χ2v) is 6.84. The Balaban J connectivity index is 1.48. The summed E-state index contributed by atoms with van der Waals surface area (Å²) in [5.74, 6) is -0.0546. The Morgan fingerprint density at radius 3 is 2.69 bits per heavy atom. The summed E-state index contributed by atoms with van der Waals surface area (Å²) in [6, 6.07) is 18.5. The summed E-state index contributed by atoms with van der Waals surface area (Å²) in [5.41, 5.74) is 10.9. The molecule has 1 saturated heterocycles. The summed E-state index contributed by atoms with van der Waals surface area (Å²) in [5, 5.41) is 4.31. The van der Waals surface area contributed by atoms with Crippen LogP contribution < -0.4 is 16.2 Å². The molecule has 2 atom stereocenters. The fourth-order valence-electron chi connectivity index (χ4n) is 3.66. The monoisotopic (exact) mass is 348 g/mol. The highest BCUT2D eigenvalue weighted by molar-refractivity contribution is 5.94. The number of fused-ring (bicyclic) bond motifs is 1. The number of rotatable bonds is 4. The molecule has 2 unspecified atom stereocenters. The molecule has 1 aliphatic heterocycles. The number of nitrogens with zero attached hydrogens (tertiary/aromatic N) is 1. The number of carbonyl (C=O) groups excluding carboxylic acids is 1. The van der Waals surface area contributed by atoms with E-state index >= 15 is 0 Å². The average molecular weight is 348 g/mol. The molecule has 3 N–H and O–H groups in total. The van der Waals surface area contributed by atoms with E-state index in [1.165, 1.54) is 16.6 Å². The lowest BCUT2D eigenvalue weighted by Gasteiger charge is -2.14. The van der Waals surface area contributed by atoms with E-state index in [4.69, 9.17) is 0 Å². The molecule has 26 heavy (non-hydrogen) atoms.